The Morgan fingerprint density at radius 3 is 2.31 bits per heavy atom. The SMILES string of the molecule is Cc1cc(CNC(=O)c2ccc(NS(=O)(=O)c3ccc(F)c(C)c3)cc2)c(C)o1. The minimum Gasteiger partial charge on any atom is -0.466 e. The molecule has 3 rings (SSSR count). The maximum Gasteiger partial charge on any atom is 0.261 e. The van der Waals surface area contributed by atoms with Gasteiger partial charge in [-0.2, -0.15) is 0 Å². The van der Waals surface area contributed by atoms with E-state index in [2.05, 4.69) is 10.0 Å². The summed E-state index contributed by atoms with van der Waals surface area (Å²) in [5.74, 6) is 0.773. The molecule has 0 saturated heterocycles. The van der Waals surface area contributed by atoms with Gasteiger partial charge in [-0.15, -0.1) is 0 Å². The van der Waals surface area contributed by atoms with Gasteiger partial charge in [-0.25, -0.2) is 12.8 Å². The van der Waals surface area contributed by atoms with E-state index in [-0.39, 0.29) is 16.4 Å². The number of benzene rings is 2. The van der Waals surface area contributed by atoms with Crippen molar-refractivity contribution in [2.75, 3.05) is 4.72 Å². The maximum atomic E-state index is 13.4. The van der Waals surface area contributed by atoms with Gasteiger partial charge in [-0.05, 0) is 74.9 Å². The van der Waals surface area contributed by atoms with Gasteiger partial charge in [0.05, 0.1) is 4.90 Å². The number of aryl methyl sites for hydroxylation is 3. The Morgan fingerprint density at radius 1 is 1.03 bits per heavy atom. The van der Waals surface area contributed by atoms with Crippen LogP contribution in [0.15, 0.2) is 57.8 Å². The fourth-order valence-corrected chi connectivity index (χ4v) is 3.97. The van der Waals surface area contributed by atoms with Gasteiger partial charge in [-0.1, -0.05) is 0 Å². The Kier molecular flexibility index (Phi) is 5.74. The lowest BCUT2D eigenvalue weighted by atomic mass is 10.2. The Labute approximate surface area is 168 Å². The zero-order valence-electron chi connectivity index (χ0n) is 16.2. The van der Waals surface area contributed by atoms with Crippen molar-refractivity contribution in [3.8, 4) is 0 Å². The van der Waals surface area contributed by atoms with E-state index in [1.54, 1.807) is 0 Å². The van der Waals surface area contributed by atoms with E-state index in [4.69, 9.17) is 4.42 Å². The third kappa shape index (κ3) is 4.83. The second kappa shape index (κ2) is 8.08. The Morgan fingerprint density at radius 2 is 1.72 bits per heavy atom. The van der Waals surface area contributed by atoms with E-state index in [1.807, 2.05) is 19.9 Å². The van der Waals surface area contributed by atoms with E-state index >= 15 is 0 Å². The number of hydrogen-bond acceptors (Lipinski definition) is 4. The van der Waals surface area contributed by atoms with E-state index in [1.165, 1.54) is 43.3 Å². The fourth-order valence-electron chi connectivity index (χ4n) is 2.82. The van der Waals surface area contributed by atoms with Crippen LogP contribution in [0, 0.1) is 26.6 Å². The number of furan rings is 1. The molecular formula is C21H21FN2O4S. The molecule has 0 radical (unpaired) electrons. The first-order valence-corrected chi connectivity index (χ1v) is 10.4. The molecular weight excluding hydrogens is 395 g/mol. The zero-order valence-corrected chi connectivity index (χ0v) is 17.1. The van der Waals surface area contributed by atoms with E-state index in [0.717, 1.165) is 23.2 Å². The van der Waals surface area contributed by atoms with Crippen LogP contribution in [0.25, 0.3) is 0 Å². The normalized spacial score (nSPS) is 11.3. The lowest BCUT2D eigenvalue weighted by Crippen LogP contribution is -2.22. The predicted octanol–water partition coefficient (Wildman–Crippen LogP) is 4.07. The van der Waals surface area contributed by atoms with Crippen molar-refractivity contribution in [1.29, 1.82) is 0 Å². The van der Waals surface area contributed by atoms with Crippen molar-refractivity contribution >= 4 is 21.6 Å². The molecule has 0 spiro atoms. The number of hydrogen-bond donors (Lipinski definition) is 2. The lowest BCUT2D eigenvalue weighted by Gasteiger charge is -2.10. The number of carbonyl (C=O) groups excluding carboxylic acids is 1. The fraction of sp³-hybridized carbons (Fsp3) is 0.190. The molecule has 2 N–H and O–H groups in total. The van der Waals surface area contributed by atoms with Crippen molar-refractivity contribution in [1.82, 2.24) is 5.32 Å². The van der Waals surface area contributed by atoms with Crippen molar-refractivity contribution in [2.45, 2.75) is 32.2 Å². The summed E-state index contributed by atoms with van der Waals surface area (Å²) in [5, 5.41) is 2.80. The number of nitrogens with one attached hydrogen (secondary N) is 2. The monoisotopic (exact) mass is 416 g/mol. The molecule has 1 amide bonds. The molecule has 0 atom stereocenters. The molecule has 8 heteroatoms. The molecule has 6 nitrogen and oxygen atoms in total. The van der Waals surface area contributed by atoms with E-state index in [9.17, 15) is 17.6 Å². The van der Waals surface area contributed by atoms with Gasteiger partial charge in [0.15, 0.2) is 0 Å². The van der Waals surface area contributed by atoms with Gasteiger partial charge in [0.25, 0.3) is 15.9 Å². The standard InChI is InChI=1S/C21H21FN2O4S/c1-13-10-19(8-9-20(13)22)29(26,27)24-18-6-4-16(5-7-18)21(25)23-12-17-11-14(2)28-15(17)3/h4-11,24H,12H2,1-3H3,(H,23,25). The van der Waals surface area contributed by atoms with Crippen LogP contribution >= 0.6 is 0 Å². The minimum atomic E-state index is -3.86. The molecule has 152 valence electrons. The smallest absolute Gasteiger partial charge is 0.261 e. The topological polar surface area (TPSA) is 88.4 Å². The third-order valence-corrected chi connectivity index (χ3v) is 5.80. The minimum absolute atomic E-state index is 0.0380. The molecule has 0 aliphatic rings. The summed E-state index contributed by atoms with van der Waals surface area (Å²) >= 11 is 0. The highest BCUT2D eigenvalue weighted by molar-refractivity contribution is 7.92. The molecule has 0 saturated carbocycles. The molecule has 0 unspecified atom stereocenters. The van der Waals surface area contributed by atoms with Crippen LogP contribution in [0.1, 0.15) is 33.0 Å². The first kappa shape index (κ1) is 20.6. The highest BCUT2D eigenvalue weighted by Crippen LogP contribution is 2.19. The Balaban J connectivity index is 1.66. The summed E-state index contributed by atoms with van der Waals surface area (Å²) in [6.07, 6.45) is 0. The molecule has 3 aromatic rings. The quantitative estimate of drug-likeness (QED) is 0.634. The van der Waals surface area contributed by atoms with E-state index in [0.29, 0.717) is 17.8 Å². The number of amides is 1. The molecule has 0 fully saturated rings. The Bertz CT molecular complexity index is 1150. The van der Waals surface area contributed by atoms with Gasteiger partial charge in [0.1, 0.15) is 17.3 Å². The Hall–Kier alpha value is -3.13. The van der Waals surface area contributed by atoms with Crippen LogP contribution in [0.5, 0.6) is 0 Å². The molecule has 0 aliphatic heterocycles. The van der Waals surface area contributed by atoms with Crippen molar-refractivity contribution in [2.24, 2.45) is 0 Å². The summed E-state index contributed by atoms with van der Waals surface area (Å²) in [7, 11) is -3.86. The van der Waals surface area contributed by atoms with Gasteiger partial charge < -0.3 is 9.73 Å². The molecule has 29 heavy (non-hydrogen) atoms. The van der Waals surface area contributed by atoms with Crippen LogP contribution in [-0.4, -0.2) is 14.3 Å². The zero-order chi connectivity index (χ0) is 21.2. The summed E-state index contributed by atoms with van der Waals surface area (Å²) in [6.45, 7) is 5.50. The first-order valence-electron chi connectivity index (χ1n) is 8.89. The lowest BCUT2D eigenvalue weighted by molar-refractivity contribution is 0.0951. The molecule has 2 aromatic carbocycles. The first-order chi connectivity index (χ1) is 13.7. The van der Waals surface area contributed by atoms with Crippen molar-refractivity contribution in [3.63, 3.8) is 0 Å². The molecule has 0 aliphatic carbocycles. The largest absolute Gasteiger partial charge is 0.466 e. The van der Waals surface area contributed by atoms with Crippen LogP contribution in [0.2, 0.25) is 0 Å². The summed E-state index contributed by atoms with van der Waals surface area (Å²) in [4.78, 5) is 12.3. The second-order valence-electron chi connectivity index (χ2n) is 6.71. The third-order valence-electron chi connectivity index (χ3n) is 4.42. The molecule has 1 heterocycles. The summed E-state index contributed by atoms with van der Waals surface area (Å²) in [5.41, 5.74) is 1.83. The van der Waals surface area contributed by atoms with Gasteiger partial charge in [0.2, 0.25) is 0 Å². The average Bonchev–Trinajstić information content (AvgIpc) is 2.99. The van der Waals surface area contributed by atoms with Crippen molar-refractivity contribution in [3.05, 3.63) is 82.6 Å². The predicted molar refractivity (Wildman–Crippen MR) is 108 cm³/mol. The number of sulfonamides is 1. The van der Waals surface area contributed by atoms with Gasteiger partial charge in [-0.3, -0.25) is 9.52 Å². The highest BCUT2D eigenvalue weighted by Gasteiger charge is 2.16. The van der Waals surface area contributed by atoms with Gasteiger partial charge in [0, 0.05) is 23.4 Å². The number of carbonyl (C=O) groups is 1. The molecule has 1 aromatic heterocycles. The van der Waals surface area contributed by atoms with E-state index < -0.39 is 15.8 Å². The average molecular weight is 416 g/mol. The summed E-state index contributed by atoms with van der Waals surface area (Å²) in [6, 6.07) is 11.5. The highest BCUT2D eigenvalue weighted by atomic mass is 32.2. The van der Waals surface area contributed by atoms with Crippen molar-refractivity contribution < 1.29 is 22.0 Å². The maximum absolute atomic E-state index is 13.4. The van der Waals surface area contributed by atoms with Crippen LogP contribution in [-0.2, 0) is 16.6 Å². The van der Waals surface area contributed by atoms with Gasteiger partial charge >= 0.3 is 0 Å². The van der Waals surface area contributed by atoms with Crippen LogP contribution < -0.4 is 10.0 Å². The second-order valence-corrected chi connectivity index (χ2v) is 8.40. The number of halogens is 1. The number of rotatable bonds is 6. The summed E-state index contributed by atoms with van der Waals surface area (Å²) < 4.78 is 46.1. The molecule has 0 bridgehead atoms. The van der Waals surface area contributed by atoms with Crippen LogP contribution in [0.3, 0.4) is 0 Å². The van der Waals surface area contributed by atoms with Crippen LogP contribution in [0.4, 0.5) is 10.1 Å². The number of anilines is 1.